The van der Waals surface area contributed by atoms with Crippen LogP contribution in [0.1, 0.15) is 39.0 Å². The van der Waals surface area contributed by atoms with Crippen molar-refractivity contribution in [2.75, 3.05) is 11.1 Å². The SMILES string of the molecule is CCCC(CBr)CC1CCCS1. The van der Waals surface area contributed by atoms with Crippen LogP contribution >= 0.6 is 27.7 Å². The Balaban J connectivity index is 2.16. The van der Waals surface area contributed by atoms with Gasteiger partial charge < -0.3 is 0 Å². The fraction of sp³-hybridized carbons (Fsp3) is 1.00. The zero-order valence-corrected chi connectivity index (χ0v) is 10.3. The number of thioether (sulfide) groups is 1. The van der Waals surface area contributed by atoms with Gasteiger partial charge in [0, 0.05) is 10.6 Å². The summed E-state index contributed by atoms with van der Waals surface area (Å²) < 4.78 is 0. The van der Waals surface area contributed by atoms with Gasteiger partial charge in [0.25, 0.3) is 0 Å². The van der Waals surface area contributed by atoms with Gasteiger partial charge in [-0.05, 0) is 37.4 Å². The van der Waals surface area contributed by atoms with Crippen LogP contribution in [0.5, 0.6) is 0 Å². The predicted molar refractivity (Wildman–Crippen MR) is 62.3 cm³/mol. The van der Waals surface area contributed by atoms with Crippen molar-refractivity contribution in [3.63, 3.8) is 0 Å². The Morgan fingerprint density at radius 1 is 1.58 bits per heavy atom. The van der Waals surface area contributed by atoms with Crippen LogP contribution in [0, 0.1) is 5.92 Å². The van der Waals surface area contributed by atoms with Crippen molar-refractivity contribution in [3.8, 4) is 0 Å². The average Bonchev–Trinajstić information content (AvgIpc) is 2.56. The average molecular weight is 251 g/mol. The highest BCUT2D eigenvalue weighted by Crippen LogP contribution is 2.32. The molecule has 0 bridgehead atoms. The highest BCUT2D eigenvalue weighted by atomic mass is 79.9. The molecule has 72 valence electrons. The van der Waals surface area contributed by atoms with E-state index in [0.717, 1.165) is 11.2 Å². The molecule has 0 N–H and O–H groups in total. The molecule has 1 aliphatic heterocycles. The van der Waals surface area contributed by atoms with Gasteiger partial charge >= 0.3 is 0 Å². The standard InChI is InChI=1S/C10H19BrS/c1-2-4-9(8-11)7-10-5-3-6-12-10/h9-10H,2-8H2,1H3. The molecule has 0 aromatic carbocycles. The third-order valence-corrected chi connectivity index (χ3v) is 4.87. The van der Waals surface area contributed by atoms with Gasteiger partial charge in [0.15, 0.2) is 0 Å². The second kappa shape index (κ2) is 6.31. The van der Waals surface area contributed by atoms with E-state index in [9.17, 15) is 0 Å². The summed E-state index contributed by atoms with van der Waals surface area (Å²) in [4.78, 5) is 0. The number of hydrogen-bond acceptors (Lipinski definition) is 1. The van der Waals surface area contributed by atoms with Crippen LogP contribution in [0.15, 0.2) is 0 Å². The maximum Gasteiger partial charge on any atom is 0.00600 e. The second-order valence-corrected chi connectivity index (χ2v) is 5.74. The maximum atomic E-state index is 3.61. The maximum absolute atomic E-state index is 3.61. The van der Waals surface area contributed by atoms with E-state index >= 15 is 0 Å². The quantitative estimate of drug-likeness (QED) is 0.663. The van der Waals surface area contributed by atoms with E-state index in [2.05, 4.69) is 34.6 Å². The van der Waals surface area contributed by atoms with E-state index in [4.69, 9.17) is 0 Å². The van der Waals surface area contributed by atoms with Gasteiger partial charge in [-0.15, -0.1) is 0 Å². The third kappa shape index (κ3) is 3.69. The summed E-state index contributed by atoms with van der Waals surface area (Å²) in [7, 11) is 0. The van der Waals surface area contributed by atoms with Crippen LogP contribution in [0.2, 0.25) is 0 Å². The number of halogens is 1. The summed E-state index contributed by atoms with van der Waals surface area (Å²) in [5.41, 5.74) is 0. The predicted octanol–water partition coefficient (Wildman–Crippen LogP) is 4.08. The lowest BCUT2D eigenvalue weighted by atomic mass is 9.98. The minimum absolute atomic E-state index is 0.936. The van der Waals surface area contributed by atoms with Crippen LogP contribution in [-0.2, 0) is 0 Å². The molecule has 0 aliphatic carbocycles. The van der Waals surface area contributed by atoms with E-state index < -0.39 is 0 Å². The molecule has 0 aromatic rings. The summed E-state index contributed by atoms with van der Waals surface area (Å²) in [6.07, 6.45) is 7.12. The first-order valence-corrected chi connectivity index (χ1v) is 7.21. The largest absolute Gasteiger partial charge is 0.159 e. The Kier molecular flexibility index (Phi) is 5.73. The molecular weight excluding hydrogens is 232 g/mol. The van der Waals surface area contributed by atoms with Crippen LogP contribution in [0.3, 0.4) is 0 Å². The van der Waals surface area contributed by atoms with E-state index in [-0.39, 0.29) is 0 Å². The Bertz CT molecular complexity index is 110. The molecule has 2 atom stereocenters. The lowest BCUT2D eigenvalue weighted by Gasteiger charge is -2.16. The number of hydrogen-bond donors (Lipinski definition) is 0. The second-order valence-electron chi connectivity index (χ2n) is 3.68. The Hall–Kier alpha value is 0.830. The minimum Gasteiger partial charge on any atom is -0.159 e. The first-order valence-electron chi connectivity index (χ1n) is 5.04. The summed E-state index contributed by atoms with van der Waals surface area (Å²) in [6.45, 7) is 2.29. The van der Waals surface area contributed by atoms with Crippen LogP contribution in [-0.4, -0.2) is 16.3 Å². The van der Waals surface area contributed by atoms with Crippen molar-refractivity contribution < 1.29 is 0 Å². The molecule has 0 aromatic heterocycles. The number of rotatable bonds is 5. The Morgan fingerprint density at radius 3 is 2.92 bits per heavy atom. The normalized spacial score (nSPS) is 26.0. The van der Waals surface area contributed by atoms with Gasteiger partial charge in [0.2, 0.25) is 0 Å². The van der Waals surface area contributed by atoms with E-state index in [1.54, 1.807) is 0 Å². The van der Waals surface area contributed by atoms with Crippen LogP contribution in [0.4, 0.5) is 0 Å². The van der Waals surface area contributed by atoms with Crippen molar-refractivity contribution in [3.05, 3.63) is 0 Å². The summed E-state index contributed by atoms with van der Waals surface area (Å²) >= 11 is 5.81. The Labute approximate surface area is 89.0 Å². The first-order chi connectivity index (χ1) is 5.86. The van der Waals surface area contributed by atoms with E-state index in [1.165, 1.54) is 43.2 Å². The molecule has 0 nitrogen and oxygen atoms in total. The number of alkyl halides is 1. The van der Waals surface area contributed by atoms with Gasteiger partial charge in [-0.3, -0.25) is 0 Å². The summed E-state index contributed by atoms with van der Waals surface area (Å²) in [5.74, 6) is 2.34. The molecule has 0 spiro atoms. The fourth-order valence-electron chi connectivity index (χ4n) is 1.87. The first kappa shape index (κ1) is 10.9. The van der Waals surface area contributed by atoms with Crippen molar-refractivity contribution >= 4 is 27.7 Å². The lowest BCUT2D eigenvalue weighted by molar-refractivity contribution is 0.482. The van der Waals surface area contributed by atoms with E-state index in [1.807, 2.05) is 0 Å². The molecule has 1 aliphatic rings. The van der Waals surface area contributed by atoms with Gasteiger partial charge in [-0.1, -0.05) is 29.3 Å². The summed E-state index contributed by atoms with van der Waals surface area (Å²) in [6, 6.07) is 0. The molecule has 2 unspecified atom stereocenters. The fourth-order valence-corrected chi connectivity index (χ4v) is 3.86. The molecule has 1 saturated heterocycles. The summed E-state index contributed by atoms with van der Waals surface area (Å²) in [5, 5.41) is 2.19. The third-order valence-electron chi connectivity index (χ3n) is 2.54. The highest BCUT2D eigenvalue weighted by Gasteiger charge is 2.19. The van der Waals surface area contributed by atoms with Crippen LogP contribution in [0.25, 0.3) is 0 Å². The van der Waals surface area contributed by atoms with Gasteiger partial charge in [-0.25, -0.2) is 0 Å². The molecule has 1 rings (SSSR count). The lowest BCUT2D eigenvalue weighted by Crippen LogP contribution is -2.09. The van der Waals surface area contributed by atoms with E-state index in [0.29, 0.717) is 0 Å². The molecule has 2 heteroatoms. The van der Waals surface area contributed by atoms with Crippen molar-refractivity contribution in [2.45, 2.75) is 44.3 Å². The van der Waals surface area contributed by atoms with Crippen LogP contribution < -0.4 is 0 Å². The van der Waals surface area contributed by atoms with Gasteiger partial charge in [0.05, 0.1) is 0 Å². The molecule has 12 heavy (non-hydrogen) atoms. The highest BCUT2D eigenvalue weighted by molar-refractivity contribution is 9.09. The van der Waals surface area contributed by atoms with Crippen molar-refractivity contribution in [1.29, 1.82) is 0 Å². The molecular formula is C10H19BrS. The van der Waals surface area contributed by atoms with Gasteiger partial charge in [0.1, 0.15) is 0 Å². The van der Waals surface area contributed by atoms with Gasteiger partial charge in [-0.2, -0.15) is 11.8 Å². The molecule has 0 amide bonds. The smallest absolute Gasteiger partial charge is 0.00600 e. The topological polar surface area (TPSA) is 0 Å². The zero-order valence-electron chi connectivity index (χ0n) is 7.89. The monoisotopic (exact) mass is 250 g/mol. The molecule has 1 heterocycles. The van der Waals surface area contributed by atoms with Crippen molar-refractivity contribution in [2.24, 2.45) is 5.92 Å². The molecule has 0 radical (unpaired) electrons. The Morgan fingerprint density at radius 2 is 2.42 bits per heavy atom. The van der Waals surface area contributed by atoms with Crippen molar-refractivity contribution in [1.82, 2.24) is 0 Å². The molecule has 1 fully saturated rings. The molecule has 0 saturated carbocycles. The minimum atomic E-state index is 0.936. The zero-order chi connectivity index (χ0) is 8.81.